The second-order valence-electron chi connectivity index (χ2n) is 4.57. The Labute approximate surface area is 114 Å². The SMILES string of the molecule is CC(O)(Cc1ccccc1)Cc1cc(Br)cs1. The summed E-state index contributed by atoms with van der Waals surface area (Å²) in [7, 11) is 0. The van der Waals surface area contributed by atoms with Gasteiger partial charge in [0.25, 0.3) is 0 Å². The number of halogens is 1. The molecule has 0 aliphatic rings. The maximum atomic E-state index is 10.4. The molecule has 90 valence electrons. The van der Waals surface area contributed by atoms with Gasteiger partial charge in [-0.05, 0) is 34.5 Å². The van der Waals surface area contributed by atoms with Gasteiger partial charge in [0, 0.05) is 27.6 Å². The Kier molecular flexibility index (Phi) is 4.02. The topological polar surface area (TPSA) is 20.2 Å². The second kappa shape index (κ2) is 5.34. The van der Waals surface area contributed by atoms with Gasteiger partial charge in [-0.2, -0.15) is 0 Å². The molecule has 1 nitrogen and oxygen atoms in total. The van der Waals surface area contributed by atoms with Gasteiger partial charge in [-0.3, -0.25) is 0 Å². The lowest BCUT2D eigenvalue weighted by Gasteiger charge is -2.22. The first-order valence-electron chi connectivity index (χ1n) is 5.54. The first-order valence-corrected chi connectivity index (χ1v) is 7.22. The van der Waals surface area contributed by atoms with E-state index in [1.165, 1.54) is 10.4 Å². The molecule has 2 aromatic rings. The molecule has 17 heavy (non-hydrogen) atoms. The van der Waals surface area contributed by atoms with Crippen molar-refractivity contribution in [1.82, 2.24) is 0 Å². The molecule has 1 aromatic heterocycles. The van der Waals surface area contributed by atoms with Gasteiger partial charge in [0.05, 0.1) is 5.60 Å². The highest BCUT2D eigenvalue weighted by Gasteiger charge is 2.22. The monoisotopic (exact) mass is 310 g/mol. The predicted octanol–water partition coefficient (Wildman–Crippen LogP) is 4.05. The highest BCUT2D eigenvalue weighted by molar-refractivity contribution is 9.10. The van der Waals surface area contributed by atoms with Crippen LogP contribution in [0.3, 0.4) is 0 Å². The van der Waals surface area contributed by atoms with Crippen LogP contribution in [0.1, 0.15) is 17.4 Å². The van der Waals surface area contributed by atoms with Crippen molar-refractivity contribution >= 4 is 27.3 Å². The normalized spacial score (nSPS) is 14.5. The molecule has 0 aliphatic carbocycles. The van der Waals surface area contributed by atoms with Gasteiger partial charge in [-0.1, -0.05) is 30.3 Å². The molecule has 0 spiro atoms. The first-order chi connectivity index (χ1) is 8.05. The van der Waals surface area contributed by atoms with Crippen LogP contribution in [0.15, 0.2) is 46.3 Å². The zero-order valence-electron chi connectivity index (χ0n) is 9.69. The maximum absolute atomic E-state index is 10.4. The fourth-order valence-corrected chi connectivity index (χ4v) is 3.55. The summed E-state index contributed by atoms with van der Waals surface area (Å²) in [4.78, 5) is 1.21. The van der Waals surface area contributed by atoms with Gasteiger partial charge in [0.2, 0.25) is 0 Å². The highest BCUT2D eigenvalue weighted by Crippen LogP contribution is 2.25. The minimum absolute atomic E-state index is 0.684. The number of thiophene rings is 1. The number of hydrogen-bond acceptors (Lipinski definition) is 2. The van der Waals surface area contributed by atoms with E-state index in [9.17, 15) is 5.11 Å². The van der Waals surface area contributed by atoms with E-state index in [0.717, 1.165) is 4.47 Å². The van der Waals surface area contributed by atoms with Crippen LogP contribution in [-0.4, -0.2) is 10.7 Å². The van der Waals surface area contributed by atoms with E-state index in [2.05, 4.69) is 34.1 Å². The molecular weight excluding hydrogens is 296 g/mol. The Balaban J connectivity index is 2.04. The molecule has 1 unspecified atom stereocenters. The quantitative estimate of drug-likeness (QED) is 0.903. The first kappa shape index (κ1) is 12.8. The number of aliphatic hydroxyl groups is 1. The third-order valence-corrected chi connectivity index (χ3v) is 4.30. The molecule has 0 bridgehead atoms. The zero-order chi connectivity index (χ0) is 12.3. The standard InChI is InChI=1S/C14H15BrOS/c1-14(16,8-11-5-3-2-4-6-11)9-13-7-12(15)10-17-13/h2-7,10,16H,8-9H2,1H3. The van der Waals surface area contributed by atoms with Crippen LogP contribution in [0, 0.1) is 0 Å². The number of hydrogen-bond donors (Lipinski definition) is 1. The molecule has 3 heteroatoms. The van der Waals surface area contributed by atoms with Crippen molar-refractivity contribution in [2.24, 2.45) is 0 Å². The number of benzene rings is 1. The van der Waals surface area contributed by atoms with E-state index in [1.807, 2.05) is 30.5 Å². The summed E-state index contributed by atoms with van der Waals surface area (Å²) in [5, 5.41) is 12.5. The Bertz CT molecular complexity index is 476. The molecule has 1 aromatic carbocycles. The molecule has 1 N–H and O–H groups in total. The van der Waals surface area contributed by atoms with Crippen LogP contribution < -0.4 is 0 Å². The van der Waals surface area contributed by atoms with Crippen LogP contribution in [0.25, 0.3) is 0 Å². The fraction of sp³-hybridized carbons (Fsp3) is 0.286. The van der Waals surface area contributed by atoms with Crippen molar-refractivity contribution in [3.05, 3.63) is 56.7 Å². The summed E-state index contributed by atoms with van der Waals surface area (Å²) in [6.07, 6.45) is 1.38. The molecule has 0 fully saturated rings. The maximum Gasteiger partial charge on any atom is 0.0707 e. The van der Waals surface area contributed by atoms with Crippen molar-refractivity contribution < 1.29 is 5.11 Å². The second-order valence-corrected chi connectivity index (χ2v) is 6.48. The largest absolute Gasteiger partial charge is 0.389 e. The molecule has 2 rings (SSSR count). The van der Waals surface area contributed by atoms with Gasteiger partial charge in [-0.15, -0.1) is 11.3 Å². The van der Waals surface area contributed by atoms with Crippen LogP contribution in [0.5, 0.6) is 0 Å². The van der Waals surface area contributed by atoms with Crippen LogP contribution in [0.2, 0.25) is 0 Å². The Morgan fingerprint density at radius 1 is 1.24 bits per heavy atom. The lowest BCUT2D eigenvalue weighted by Crippen LogP contribution is -2.29. The minimum Gasteiger partial charge on any atom is -0.389 e. The molecule has 0 aliphatic heterocycles. The van der Waals surface area contributed by atoms with Crippen molar-refractivity contribution in [3.63, 3.8) is 0 Å². The molecular formula is C14H15BrOS. The van der Waals surface area contributed by atoms with Crippen molar-refractivity contribution in [2.45, 2.75) is 25.4 Å². The van der Waals surface area contributed by atoms with E-state index in [0.29, 0.717) is 12.8 Å². The van der Waals surface area contributed by atoms with E-state index in [4.69, 9.17) is 0 Å². The van der Waals surface area contributed by atoms with E-state index < -0.39 is 5.60 Å². The van der Waals surface area contributed by atoms with Gasteiger partial charge in [0.15, 0.2) is 0 Å². The van der Waals surface area contributed by atoms with Crippen molar-refractivity contribution in [2.75, 3.05) is 0 Å². The fourth-order valence-electron chi connectivity index (χ4n) is 1.92. The summed E-state index contributed by atoms with van der Waals surface area (Å²) in [5.74, 6) is 0. The summed E-state index contributed by atoms with van der Waals surface area (Å²) >= 11 is 5.12. The minimum atomic E-state index is -0.689. The van der Waals surface area contributed by atoms with Crippen molar-refractivity contribution in [3.8, 4) is 0 Å². The third-order valence-electron chi connectivity index (χ3n) is 2.60. The van der Waals surface area contributed by atoms with Gasteiger partial charge >= 0.3 is 0 Å². The van der Waals surface area contributed by atoms with Crippen LogP contribution in [0.4, 0.5) is 0 Å². The van der Waals surface area contributed by atoms with E-state index in [1.54, 1.807) is 11.3 Å². The lowest BCUT2D eigenvalue weighted by atomic mass is 9.93. The van der Waals surface area contributed by atoms with Crippen molar-refractivity contribution in [1.29, 1.82) is 0 Å². The summed E-state index contributed by atoms with van der Waals surface area (Å²) in [6.45, 7) is 1.90. The smallest absolute Gasteiger partial charge is 0.0707 e. The lowest BCUT2D eigenvalue weighted by molar-refractivity contribution is 0.0616. The Morgan fingerprint density at radius 3 is 2.53 bits per heavy atom. The predicted molar refractivity (Wildman–Crippen MR) is 76.5 cm³/mol. The van der Waals surface area contributed by atoms with E-state index in [-0.39, 0.29) is 0 Å². The number of rotatable bonds is 4. The molecule has 0 saturated heterocycles. The zero-order valence-corrected chi connectivity index (χ0v) is 12.1. The molecule has 1 atom stereocenters. The molecule has 1 heterocycles. The molecule has 0 saturated carbocycles. The van der Waals surface area contributed by atoms with E-state index >= 15 is 0 Å². The van der Waals surface area contributed by atoms with Crippen LogP contribution >= 0.6 is 27.3 Å². The van der Waals surface area contributed by atoms with Gasteiger partial charge < -0.3 is 5.11 Å². The van der Waals surface area contributed by atoms with Crippen LogP contribution in [-0.2, 0) is 12.8 Å². The average molecular weight is 311 g/mol. The highest BCUT2D eigenvalue weighted by atomic mass is 79.9. The molecule has 0 amide bonds. The van der Waals surface area contributed by atoms with Gasteiger partial charge in [-0.25, -0.2) is 0 Å². The third kappa shape index (κ3) is 3.95. The summed E-state index contributed by atoms with van der Waals surface area (Å²) < 4.78 is 1.09. The average Bonchev–Trinajstić information content (AvgIpc) is 2.63. The Morgan fingerprint density at radius 2 is 1.94 bits per heavy atom. The van der Waals surface area contributed by atoms with Gasteiger partial charge in [0.1, 0.15) is 0 Å². The summed E-state index contributed by atoms with van der Waals surface area (Å²) in [5.41, 5.74) is 0.485. The summed E-state index contributed by atoms with van der Waals surface area (Å²) in [6, 6.07) is 12.2. The molecule has 0 radical (unpaired) electrons. The Hall–Kier alpha value is -0.640.